The summed E-state index contributed by atoms with van der Waals surface area (Å²) in [4.78, 5) is 0. The number of hydrogen-bond donors (Lipinski definition) is 0. The zero-order valence-corrected chi connectivity index (χ0v) is 13.1. The van der Waals surface area contributed by atoms with Crippen molar-refractivity contribution < 1.29 is 18.9 Å². The lowest BCUT2D eigenvalue weighted by molar-refractivity contribution is 0.0310. The van der Waals surface area contributed by atoms with Crippen LogP contribution < -0.4 is 9.47 Å². The standard InChI is InChI=1S/C17H24O4/c1-11-9-20-16-8-17-15(5-7-19-11)14(13(16)3)4-6-18-12(2)10-21-17/h8,11-12H,4-7,9-10H2,1-3H3. The minimum atomic E-state index is 0.112. The summed E-state index contributed by atoms with van der Waals surface area (Å²) in [7, 11) is 0. The van der Waals surface area contributed by atoms with Crippen LogP contribution in [0, 0.1) is 6.92 Å². The highest BCUT2D eigenvalue weighted by molar-refractivity contribution is 5.53. The summed E-state index contributed by atoms with van der Waals surface area (Å²) >= 11 is 0. The van der Waals surface area contributed by atoms with Gasteiger partial charge in [0.25, 0.3) is 0 Å². The van der Waals surface area contributed by atoms with Gasteiger partial charge in [-0.3, -0.25) is 0 Å². The van der Waals surface area contributed by atoms with E-state index in [1.807, 2.05) is 19.9 Å². The molecule has 4 rings (SSSR count). The van der Waals surface area contributed by atoms with E-state index >= 15 is 0 Å². The van der Waals surface area contributed by atoms with Crippen LogP contribution in [0.15, 0.2) is 6.07 Å². The second kappa shape index (κ2) is 6.24. The van der Waals surface area contributed by atoms with Gasteiger partial charge in [0.2, 0.25) is 0 Å². The van der Waals surface area contributed by atoms with Crippen molar-refractivity contribution in [1.29, 1.82) is 0 Å². The van der Waals surface area contributed by atoms with Crippen LogP contribution in [0.1, 0.15) is 30.5 Å². The molecule has 0 aromatic heterocycles. The van der Waals surface area contributed by atoms with Crippen molar-refractivity contribution in [3.8, 4) is 11.5 Å². The molecule has 3 heterocycles. The number of hydrogen-bond acceptors (Lipinski definition) is 4. The average molecular weight is 292 g/mol. The van der Waals surface area contributed by atoms with Crippen LogP contribution in [0.5, 0.6) is 11.5 Å². The van der Waals surface area contributed by atoms with E-state index < -0.39 is 0 Å². The van der Waals surface area contributed by atoms with Crippen molar-refractivity contribution >= 4 is 0 Å². The maximum Gasteiger partial charge on any atom is 0.126 e. The highest BCUT2D eigenvalue weighted by atomic mass is 16.5. The third-order valence-corrected chi connectivity index (χ3v) is 4.20. The van der Waals surface area contributed by atoms with Crippen LogP contribution >= 0.6 is 0 Å². The molecule has 2 unspecified atom stereocenters. The molecule has 0 spiro atoms. The fraction of sp³-hybridized carbons (Fsp3) is 0.647. The number of fused-ring (bicyclic) bond motifs is 5. The first-order chi connectivity index (χ1) is 10.1. The zero-order valence-electron chi connectivity index (χ0n) is 13.1. The number of ether oxygens (including phenoxy) is 4. The van der Waals surface area contributed by atoms with Crippen LogP contribution in [0.4, 0.5) is 0 Å². The van der Waals surface area contributed by atoms with Gasteiger partial charge in [0, 0.05) is 11.6 Å². The minimum Gasteiger partial charge on any atom is -0.490 e. The Kier molecular flexibility index (Phi) is 4.36. The molecule has 116 valence electrons. The SMILES string of the molecule is Cc1c2cc3c(c1CCOC(C)CO3)CCOC(C)CO2. The average Bonchev–Trinajstić information content (AvgIpc) is 2.52. The van der Waals surface area contributed by atoms with Gasteiger partial charge in [-0.15, -0.1) is 0 Å². The van der Waals surface area contributed by atoms with E-state index in [2.05, 4.69) is 6.92 Å². The summed E-state index contributed by atoms with van der Waals surface area (Å²) in [5, 5.41) is 0. The Bertz CT molecular complexity index is 512. The molecule has 4 nitrogen and oxygen atoms in total. The second-order valence-corrected chi connectivity index (χ2v) is 5.94. The van der Waals surface area contributed by atoms with Gasteiger partial charge in [-0.1, -0.05) is 0 Å². The van der Waals surface area contributed by atoms with E-state index in [-0.39, 0.29) is 12.2 Å². The summed E-state index contributed by atoms with van der Waals surface area (Å²) in [5.41, 5.74) is 3.77. The molecule has 0 saturated carbocycles. The Morgan fingerprint density at radius 1 is 0.857 bits per heavy atom. The highest BCUT2D eigenvalue weighted by Gasteiger charge is 2.22. The lowest BCUT2D eigenvalue weighted by Crippen LogP contribution is -2.22. The Morgan fingerprint density at radius 3 is 2.10 bits per heavy atom. The summed E-state index contributed by atoms with van der Waals surface area (Å²) in [6.07, 6.45) is 2.01. The molecular formula is C17H24O4. The lowest BCUT2D eigenvalue weighted by Gasteiger charge is -2.24. The minimum absolute atomic E-state index is 0.112. The quantitative estimate of drug-likeness (QED) is 0.737. The first-order valence-corrected chi connectivity index (χ1v) is 7.79. The Morgan fingerprint density at radius 2 is 1.43 bits per heavy atom. The van der Waals surface area contributed by atoms with E-state index in [9.17, 15) is 0 Å². The van der Waals surface area contributed by atoms with Crippen molar-refractivity contribution in [3.05, 3.63) is 22.8 Å². The molecular weight excluding hydrogens is 268 g/mol. The molecule has 0 aliphatic carbocycles. The molecule has 3 aliphatic heterocycles. The van der Waals surface area contributed by atoms with Crippen LogP contribution in [-0.2, 0) is 22.3 Å². The van der Waals surface area contributed by atoms with Crippen LogP contribution in [0.3, 0.4) is 0 Å². The van der Waals surface area contributed by atoms with E-state index in [1.54, 1.807) is 0 Å². The lowest BCUT2D eigenvalue weighted by atomic mass is 9.95. The molecule has 0 saturated heterocycles. The molecule has 0 fully saturated rings. The molecule has 0 radical (unpaired) electrons. The molecule has 0 N–H and O–H groups in total. The van der Waals surface area contributed by atoms with Gasteiger partial charge < -0.3 is 18.9 Å². The van der Waals surface area contributed by atoms with E-state index in [0.29, 0.717) is 19.8 Å². The summed E-state index contributed by atoms with van der Waals surface area (Å²) in [6.45, 7) is 8.79. The summed E-state index contributed by atoms with van der Waals surface area (Å²) in [5.74, 6) is 1.84. The maximum atomic E-state index is 6.00. The Hall–Kier alpha value is -1.26. The van der Waals surface area contributed by atoms with Gasteiger partial charge in [-0.2, -0.15) is 0 Å². The monoisotopic (exact) mass is 292 g/mol. The highest BCUT2D eigenvalue weighted by Crippen LogP contribution is 2.36. The van der Waals surface area contributed by atoms with E-state index in [4.69, 9.17) is 18.9 Å². The summed E-state index contributed by atoms with van der Waals surface area (Å²) in [6, 6.07) is 2.05. The van der Waals surface area contributed by atoms with Crippen LogP contribution in [0.2, 0.25) is 0 Å². The third kappa shape index (κ3) is 3.16. The molecule has 0 amide bonds. The number of benzene rings is 1. The molecule has 2 atom stereocenters. The Balaban J connectivity index is 2.04. The zero-order chi connectivity index (χ0) is 14.8. The summed E-state index contributed by atoms with van der Waals surface area (Å²) < 4.78 is 23.5. The van der Waals surface area contributed by atoms with Crippen molar-refractivity contribution in [3.63, 3.8) is 0 Å². The van der Waals surface area contributed by atoms with Crippen LogP contribution in [0.25, 0.3) is 0 Å². The topological polar surface area (TPSA) is 36.9 Å². The van der Waals surface area contributed by atoms with E-state index in [1.165, 1.54) is 16.7 Å². The smallest absolute Gasteiger partial charge is 0.126 e. The Labute approximate surface area is 126 Å². The van der Waals surface area contributed by atoms with Crippen molar-refractivity contribution in [1.82, 2.24) is 0 Å². The van der Waals surface area contributed by atoms with Crippen LogP contribution in [-0.4, -0.2) is 38.6 Å². The van der Waals surface area contributed by atoms with Gasteiger partial charge >= 0.3 is 0 Å². The van der Waals surface area contributed by atoms with Gasteiger partial charge in [-0.25, -0.2) is 0 Å². The molecule has 21 heavy (non-hydrogen) atoms. The second-order valence-electron chi connectivity index (χ2n) is 5.94. The van der Waals surface area contributed by atoms with Crippen molar-refractivity contribution in [2.45, 2.75) is 45.8 Å². The molecule has 3 aliphatic rings. The van der Waals surface area contributed by atoms with Crippen molar-refractivity contribution in [2.24, 2.45) is 0 Å². The third-order valence-electron chi connectivity index (χ3n) is 4.20. The molecule has 1 aromatic carbocycles. The largest absolute Gasteiger partial charge is 0.490 e. The maximum absolute atomic E-state index is 6.00. The molecule has 4 bridgehead atoms. The van der Waals surface area contributed by atoms with Gasteiger partial charge in [0.05, 0.1) is 25.4 Å². The fourth-order valence-corrected chi connectivity index (χ4v) is 2.96. The van der Waals surface area contributed by atoms with Crippen molar-refractivity contribution in [2.75, 3.05) is 26.4 Å². The molecule has 1 aromatic rings. The predicted molar refractivity (Wildman–Crippen MR) is 80.4 cm³/mol. The van der Waals surface area contributed by atoms with Gasteiger partial charge in [0.1, 0.15) is 24.7 Å². The normalized spacial score (nSPS) is 26.0. The van der Waals surface area contributed by atoms with Gasteiger partial charge in [-0.05, 0) is 44.7 Å². The van der Waals surface area contributed by atoms with Gasteiger partial charge in [0.15, 0.2) is 0 Å². The first-order valence-electron chi connectivity index (χ1n) is 7.79. The number of rotatable bonds is 0. The first kappa shape index (κ1) is 14.7. The fourth-order valence-electron chi connectivity index (χ4n) is 2.96. The predicted octanol–water partition coefficient (Wildman–Crippen LogP) is 2.68. The van der Waals surface area contributed by atoms with E-state index in [0.717, 1.165) is 30.9 Å². The molecule has 4 heteroatoms.